The Morgan fingerprint density at radius 2 is 2.24 bits per heavy atom. The summed E-state index contributed by atoms with van der Waals surface area (Å²) in [7, 11) is -2.54. The van der Waals surface area contributed by atoms with Gasteiger partial charge in [0.25, 0.3) is 0 Å². The Morgan fingerprint density at radius 1 is 1.52 bits per heavy atom. The maximum atomic E-state index is 12.6. The van der Waals surface area contributed by atoms with Crippen LogP contribution in [0.1, 0.15) is 6.92 Å². The van der Waals surface area contributed by atoms with Crippen LogP contribution < -0.4 is 4.74 Å². The van der Waals surface area contributed by atoms with Crippen LogP contribution in [-0.4, -0.2) is 61.2 Å². The van der Waals surface area contributed by atoms with Gasteiger partial charge in [0.15, 0.2) is 0 Å². The quantitative estimate of drug-likeness (QED) is 0.830. The Bertz CT molecular complexity index is 615. The summed E-state index contributed by atoms with van der Waals surface area (Å²) in [5.74, 6) is -0.966. The second-order valence-electron chi connectivity index (χ2n) is 4.51. The first kappa shape index (κ1) is 15.7. The lowest BCUT2D eigenvalue weighted by Crippen LogP contribution is -2.56. The van der Waals surface area contributed by atoms with E-state index in [9.17, 15) is 18.3 Å². The maximum Gasteiger partial charge on any atom is 0.324 e. The fraction of sp³-hybridized carbons (Fsp3) is 0.500. The lowest BCUT2D eigenvalue weighted by atomic mass is 10.1. The third-order valence-electron chi connectivity index (χ3n) is 3.23. The van der Waals surface area contributed by atoms with Crippen LogP contribution in [0.3, 0.4) is 0 Å². The molecule has 8 nitrogen and oxygen atoms in total. The third kappa shape index (κ3) is 2.99. The number of methoxy groups -OCH3 is 1. The number of carbonyl (C=O) groups is 1. The number of rotatable bonds is 4. The van der Waals surface area contributed by atoms with Gasteiger partial charge in [-0.1, -0.05) is 0 Å². The molecule has 1 aromatic heterocycles. The molecule has 0 saturated carbocycles. The average Bonchev–Trinajstić information content (AvgIpc) is 2.46. The lowest BCUT2D eigenvalue weighted by molar-refractivity contribution is -0.150. The molecule has 0 spiro atoms. The second kappa shape index (κ2) is 5.96. The summed E-state index contributed by atoms with van der Waals surface area (Å²) in [4.78, 5) is 15.1. The van der Waals surface area contributed by atoms with E-state index < -0.39 is 28.1 Å². The van der Waals surface area contributed by atoms with Crippen LogP contribution in [0, 0.1) is 0 Å². The molecule has 0 radical (unpaired) electrons. The van der Waals surface area contributed by atoms with E-state index in [4.69, 9.17) is 9.47 Å². The first-order valence-corrected chi connectivity index (χ1v) is 7.68. The van der Waals surface area contributed by atoms with Crippen molar-refractivity contribution in [1.82, 2.24) is 9.29 Å². The molecule has 116 valence electrons. The number of carboxylic acids is 1. The number of morpholine rings is 1. The monoisotopic (exact) mass is 316 g/mol. The Hall–Kier alpha value is -1.71. The molecule has 0 unspecified atom stereocenters. The minimum atomic E-state index is -3.96. The number of hydrogen-bond donors (Lipinski definition) is 1. The highest BCUT2D eigenvalue weighted by molar-refractivity contribution is 7.89. The van der Waals surface area contributed by atoms with E-state index in [-0.39, 0.29) is 23.9 Å². The Morgan fingerprint density at radius 3 is 2.76 bits per heavy atom. The van der Waals surface area contributed by atoms with E-state index in [1.165, 1.54) is 26.2 Å². The van der Waals surface area contributed by atoms with Gasteiger partial charge < -0.3 is 14.6 Å². The van der Waals surface area contributed by atoms with Gasteiger partial charge in [-0.3, -0.25) is 4.79 Å². The molecular formula is C12H16N2O6S. The van der Waals surface area contributed by atoms with E-state index in [1.807, 2.05) is 0 Å². The summed E-state index contributed by atoms with van der Waals surface area (Å²) in [6, 6.07) is 1.48. The van der Waals surface area contributed by atoms with Crippen LogP contribution >= 0.6 is 0 Å². The van der Waals surface area contributed by atoms with Crippen molar-refractivity contribution in [1.29, 1.82) is 0 Å². The van der Waals surface area contributed by atoms with Crippen LogP contribution in [-0.2, 0) is 19.6 Å². The maximum absolute atomic E-state index is 12.6. The third-order valence-corrected chi connectivity index (χ3v) is 5.09. The van der Waals surface area contributed by atoms with E-state index in [2.05, 4.69) is 4.98 Å². The molecule has 0 bridgehead atoms. The van der Waals surface area contributed by atoms with Crippen molar-refractivity contribution in [2.45, 2.75) is 24.0 Å². The Labute approximate surface area is 122 Å². The number of hydrogen-bond acceptors (Lipinski definition) is 6. The first-order chi connectivity index (χ1) is 9.87. The first-order valence-electron chi connectivity index (χ1n) is 6.24. The molecule has 9 heteroatoms. The molecule has 0 aliphatic carbocycles. The molecule has 1 saturated heterocycles. The molecule has 1 aliphatic rings. The van der Waals surface area contributed by atoms with Crippen molar-refractivity contribution in [2.24, 2.45) is 0 Å². The van der Waals surface area contributed by atoms with Crippen molar-refractivity contribution in [3.05, 3.63) is 18.3 Å². The molecule has 2 atom stereocenters. The van der Waals surface area contributed by atoms with E-state index in [0.717, 1.165) is 10.5 Å². The minimum absolute atomic E-state index is 0.0182. The fourth-order valence-corrected chi connectivity index (χ4v) is 3.73. The van der Waals surface area contributed by atoms with Gasteiger partial charge >= 0.3 is 5.97 Å². The second-order valence-corrected chi connectivity index (χ2v) is 6.40. The smallest absolute Gasteiger partial charge is 0.324 e. The highest BCUT2D eigenvalue weighted by atomic mass is 32.2. The largest absolute Gasteiger partial charge is 0.481 e. The Kier molecular flexibility index (Phi) is 4.45. The number of aliphatic carboxylic acids is 1. The molecule has 1 aromatic rings. The number of nitrogens with zero attached hydrogens (tertiary/aromatic N) is 2. The van der Waals surface area contributed by atoms with E-state index in [1.54, 1.807) is 0 Å². The van der Waals surface area contributed by atoms with Gasteiger partial charge in [0.05, 0.1) is 26.0 Å². The molecule has 0 aromatic carbocycles. The van der Waals surface area contributed by atoms with Crippen molar-refractivity contribution in [2.75, 3.05) is 20.3 Å². The van der Waals surface area contributed by atoms with Crippen LogP contribution in [0.15, 0.2) is 23.2 Å². The van der Waals surface area contributed by atoms with Gasteiger partial charge in [-0.15, -0.1) is 0 Å². The standard InChI is InChI=1S/C12H16N2O6S/c1-8-11(12(15)16)14(5-6-20-8)21(17,18)9-3-4-10(19-2)13-7-9/h3-4,7-8,11H,5-6H2,1-2H3,(H,15,16)/t8-,11+/m1/s1. The number of ether oxygens (including phenoxy) is 2. The van der Waals surface area contributed by atoms with Crippen LogP contribution in [0.25, 0.3) is 0 Å². The predicted octanol–water partition coefficient (Wildman–Crippen LogP) is -0.0472. The van der Waals surface area contributed by atoms with Gasteiger partial charge in [0, 0.05) is 12.6 Å². The van der Waals surface area contributed by atoms with Crippen LogP contribution in [0.2, 0.25) is 0 Å². The normalized spacial score (nSPS) is 23.7. The zero-order valence-corrected chi connectivity index (χ0v) is 12.4. The summed E-state index contributed by atoms with van der Waals surface area (Å²) in [6.45, 7) is 1.66. The summed E-state index contributed by atoms with van der Waals surface area (Å²) < 4.78 is 36.2. The number of carboxylic acid groups (broad SMARTS) is 1. The fourth-order valence-electron chi connectivity index (χ4n) is 2.16. The Balaban J connectivity index is 2.38. The molecule has 21 heavy (non-hydrogen) atoms. The number of aromatic nitrogens is 1. The van der Waals surface area contributed by atoms with Crippen molar-refractivity contribution in [3.63, 3.8) is 0 Å². The van der Waals surface area contributed by atoms with Gasteiger partial charge in [-0.25, -0.2) is 13.4 Å². The van der Waals surface area contributed by atoms with Crippen LogP contribution in [0.4, 0.5) is 0 Å². The van der Waals surface area contributed by atoms with Gasteiger partial charge in [-0.05, 0) is 13.0 Å². The zero-order valence-electron chi connectivity index (χ0n) is 11.6. The molecule has 2 heterocycles. The highest BCUT2D eigenvalue weighted by Gasteiger charge is 2.42. The van der Waals surface area contributed by atoms with Crippen molar-refractivity contribution >= 4 is 16.0 Å². The van der Waals surface area contributed by atoms with E-state index >= 15 is 0 Å². The van der Waals surface area contributed by atoms with Gasteiger partial charge in [0.2, 0.25) is 15.9 Å². The average molecular weight is 316 g/mol. The molecule has 2 rings (SSSR count). The summed E-state index contributed by atoms with van der Waals surface area (Å²) in [6.07, 6.45) is 0.421. The number of pyridine rings is 1. The topological polar surface area (TPSA) is 106 Å². The molecule has 1 fully saturated rings. The van der Waals surface area contributed by atoms with E-state index in [0.29, 0.717) is 0 Å². The lowest BCUT2D eigenvalue weighted by Gasteiger charge is -2.36. The molecular weight excluding hydrogens is 300 g/mol. The highest BCUT2D eigenvalue weighted by Crippen LogP contribution is 2.24. The molecule has 0 amide bonds. The van der Waals surface area contributed by atoms with Crippen molar-refractivity contribution in [3.8, 4) is 5.88 Å². The number of sulfonamides is 1. The minimum Gasteiger partial charge on any atom is -0.481 e. The summed E-state index contributed by atoms with van der Waals surface area (Å²) >= 11 is 0. The van der Waals surface area contributed by atoms with Gasteiger partial charge in [-0.2, -0.15) is 4.31 Å². The molecule has 1 N–H and O–H groups in total. The summed E-state index contributed by atoms with van der Waals surface area (Å²) in [5, 5.41) is 9.25. The van der Waals surface area contributed by atoms with Gasteiger partial charge in [0.1, 0.15) is 10.9 Å². The predicted molar refractivity (Wildman–Crippen MR) is 71.5 cm³/mol. The van der Waals surface area contributed by atoms with Crippen molar-refractivity contribution < 1.29 is 27.8 Å². The van der Waals surface area contributed by atoms with Crippen LogP contribution in [0.5, 0.6) is 5.88 Å². The molecule has 1 aliphatic heterocycles. The summed E-state index contributed by atoms with van der Waals surface area (Å²) in [5.41, 5.74) is 0. The SMILES string of the molecule is COc1ccc(S(=O)(=O)N2CCO[C@H](C)[C@H]2C(=O)O)cn1. The zero-order chi connectivity index (χ0) is 15.6.